The monoisotopic (exact) mass is 363 g/mol. The zero-order valence-electron chi connectivity index (χ0n) is 17.2. The molecule has 0 amide bonds. The second kappa shape index (κ2) is 5.78. The lowest BCUT2D eigenvalue weighted by Gasteiger charge is -2.25. The van der Waals surface area contributed by atoms with E-state index in [4.69, 9.17) is 4.98 Å². The van der Waals surface area contributed by atoms with E-state index in [0.29, 0.717) is 0 Å². The molecule has 0 saturated heterocycles. The van der Waals surface area contributed by atoms with Gasteiger partial charge in [0.15, 0.2) is 0 Å². The van der Waals surface area contributed by atoms with E-state index in [2.05, 4.69) is 95.3 Å². The molecule has 1 aromatic heterocycles. The summed E-state index contributed by atoms with van der Waals surface area (Å²) >= 11 is 0. The van der Waals surface area contributed by atoms with Gasteiger partial charge in [0, 0.05) is 16.4 Å². The van der Waals surface area contributed by atoms with Crippen molar-refractivity contribution in [3.63, 3.8) is 0 Å². The molecule has 0 fully saturated rings. The molecule has 0 unspecified atom stereocenters. The smallest absolute Gasteiger partial charge is 0.0756 e. The van der Waals surface area contributed by atoms with Crippen LogP contribution in [0.15, 0.2) is 60.7 Å². The maximum Gasteiger partial charge on any atom is 0.0756 e. The molecule has 1 heteroatoms. The highest BCUT2D eigenvalue weighted by Gasteiger charge is 2.39. The van der Waals surface area contributed by atoms with Crippen LogP contribution in [0, 0.1) is 20.8 Å². The summed E-state index contributed by atoms with van der Waals surface area (Å²) in [6, 6.07) is 22.0. The van der Waals surface area contributed by atoms with Crippen LogP contribution in [-0.2, 0) is 5.41 Å². The van der Waals surface area contributed by atoms with Crippen molar-refractivity contribution in [1.29, 1.82) is 0 Å². The van der Waals surface area contributed by atoms with E-state index in [9.17, 15) is 0 Å². The van der Waals surface area contributed by atoms with Gasteiger partial charge in [0.05, 0.1) is 11.2 Å². The first-order valence-electron chi connectivity index (χ1n) is 10.0. The number of hydrogen-bond acceptors (Lipinski definition) is 1. The number of nitrogens with zero attached hydrogens (tertiary/aromatic N) is 1. The quantitative estimate of drug-likeness (QED) is 0.350. The summed E-state index contributed by atoms with van der Waals surface area (Å²) in [4.78, 5) is 5.21. The van der Waals surface area contributed by atoms with Gasteiger partial charge in [-0.2, -0.15) is 0 Å². The van der Waals surface area contributed by atoms with Crippen molar-refractivity contribution in [2.24, 2.45) is 0 Å². The third-order valence-corrected chi connectivity index (χ3v) is 6.59. The third-order valence-electron chi connectivity index (χ3n) is 6.59. The maximum absolute atomic E-state index is 5.21. The van der Waals surface area contributed by atoms with E-state index in [1.165, 1.54) is 49.9 Å². The van der Waals surface area contributed by atoms with Gasteiger partial charge in [-0.25, -0.2) is 4.98 Å². The molecule has 0 aliphatic heterocycles. The maximum atomic E-state index is 5.21. The van der Waals surface area contributed by atoms with Crippen LogP contribution in [0.4, 0.5) is 0 Å². The van der Waals surface area contributed by atoms with Crippen molar-refractivity contribution in [1.82, 2.24) is 4.98 Å². The van der Waals surface area contributed by atoms with Gasteiger partial charge in [0.1, 0.15) is 0 Å². The highest BCUT2D eigenvalue weighted by molar-refractivity contribution is 6.03. The van der Waals surface area contributed by atoms with Crippen LogP contribution in [0.1, 0.15) is 41.7 Å². The van der Waals surface area contributed by atoms with E-state index in [1.807, 2.05) is 0 Å². The lowest BCUT2D eigenvalue weighted by molar-refractivity contribution is 0.660. The Morgan fingerprint density at radius 3 is 2.18 bits per heavy atom. The van der Waals surface area contributed by atoms with Gasteiger partial charge in [0.2, 0.25) is 0 Å². The van der Waals surface area contributed by atoms with Crippen LogP contribution in [0.5, 0.6) is 0 Å². The predicted octanol–water partition coefficient (Wildman–Crippen LogP) is 7.13. The molecule has 1 aliphatic rings. The van der Waals surface area contributed by atoms with Crippen LogP contribution >= 0.6 is 0 Å². The van der Waals surface area contributed by atoms with Crippen molar-refractivity contribution in [3.05, 3.63) is 88.5 Å². The van der Waals surface area contributed by atoms with Gasteiger partial charge < -0.3 is 0 Å². The Morgan fingerprint density at radius 2 is 1.43 bits per heavy atom. The number of aromatic nitrogens is 1. The summed E-state index contributed by atoms with van der Waals surface area (Å²) in [5.41, 5.74) is 12.8. The Hall–Kier alpha value is -2.93. The fourth-order valence-corrected chi connectivity index (χ4v) is 4.86. The summed E-state index contributed by atoms with van der Waals surface area (Å²) in [5.74, 6) is 0. The molecule has 0 saturated carbocycles. The van der Waals surface area contributed by atoms with Crippen LogP contribution in [-0.4, -0.2) is 4.98 Å². The molecule has 1 heterocycles. The van der Waals surface area contributed by atoms with Gasteiger partial charge >= 0.3 is 0 Å². The van der Waals surface area contributed by atoms with Gasteiger partial charge in [0.25, 0.3) is 0 Å². The molecule has 1 aliphatic carbocycles. The fourth-order valence-electron chi connectivity index (χ4n) is 4.86. The van der Waals surface area contributed by atoms with Gasteiger partial charge in [-0.3, -0.25) is 0 Å². The molecular weight excluding hydrogens is 338 g/mol. The number of rotatable bonds is 1. The van der Waals surface area contributed by atoms with Gasteiger partial charge in [-0.05, 0) is 77.9 Å². The minimum Gasteiger partial charge on any atom is -0.247 e. The van der Waals surface area contributed by atoms with E-state index >= 15 is 0 Å². The molecule has 0 N–H and O–H groups in total. The highest BCUT2D eigenvalue weighted by atomic mass is 14.7. The lowest BCUT2D eigenvalue weighted by atomic mass is 9.79. The highest BCUT2D eigenvalue weighted by Crippen LogP contribution is 2.53. The normalized spacial score (nSPS) is 14.2. The minimum atomic E-state index is -0.0784. The number of hydrogen-bond donors (Lipinski definition) is 0. The third kappa shape index (κ3) is 2.22. The summed E-state index contributed by atoms with van der Waals surface area (Å²) in [7, 11) is 0. The SMILES string of the molecule is Cc1cc(-c2nc3ccccc3c3c2C(C)(C)c2ccccc2-3)cc(C)c1C. The first kappa shape index (κ1) is 17.2. The molecule has 0 spiro atoms. The standard InChI is InChI=1S/C27H25N/c1-16-14-19(15-17(2)18(16)3)26-25-24(21-11-7-9-13-23(21)28-26)20-10-6-8-12-22(20)27(25,4)5/h6-15H,1-5H3. The fraction of sp³-hybridized carbons (Fsp3) is 0.222. The Labute approximate surface area is 167 Å². The van der Waals surface area contributed by atoms with Crippen molar-refractivity contribution < 1.29 is 0 Å². The topological polar surface area (TPSA) is 12.9 Å². The molecular formula is C27H25N. The van der Waals surface area contributed by atoms with Gasteiger partial charge in [-0.1, -0.05) is 56.3 Å². The summed E-state index contributed by atoms with van der Waals surface area (Å²) in [5, 5.41) is 1.25. The second-order valence-electron chi connectivity index (χ2n) is 8.63. The first-order chi connectivity index (χ1) is 13.4. The second-order valence-corrected chi connectivity index (χ2v) is 8.63. The number of para-hydroxylation sites is 1. The van der Waals surface area contributed by atoms with Crippen LogP contribution in [0.2, 0.25) is 0 Å². The van der Waals surface area contributed by atoms with Crippen LogP contribution in [0.3, 0.4) is 0 Å². The summed E-state index contributed by atoms with van der Waals surface area (Å²) in [6.45, 7) is 11.3. The largest absolute Gasteiger partial charge is 0.247 e. The van der Waals surface area contributed by atoms with Crippen LogP contribution in [0.25, 0.3) is 33.3 Å². The molecule has 5 rings (SSSR count). The Kier molecular flexibility index (Phi) is 3.55. The number of benzene rings is 3. The van der Waals surface area contributed by atoms with Crippen molar-refractivity contribution in [2.45, 2.75) is 40.0 Å². The van der Waals surface area contributed by atoms with Crippen molar-refractivity contribution >= 4 is 10.9 Å². The van der Waals surface area contributed by atoms with E-state index in [-0.39, 0.29) is 5.41 Å². The number of aryl methyl sites for hydroxylation is 2. The molecule has 0 radical (unpaired) electrons. The van der Waals surface area contributed by atoms with Crippen molar-refractivity contribution in [3.8, 4) is 22.4 Å². The van der Waals surface area contributed by atoms with E-state index in [0.717, 1.165) is 11.2 Å². The Morgan fingerprint density at radius 1 is 0.786 bits per heavy atom. The Balaban J connectivity index is 1.96. The summed E-state index contributed by atoms with van der Waals surface area (Å²) in [6.07, 6.45) is 0. The minimum absolute atomic E-state index is 0.0784. The zero-order chi connectivity index (χ0) is 19.6. The number of pyridine rings is 1. The first-order valence-corrected chi connectivity index (χ1v) is 10.0. The van der Waals surface area contributed by atoms with Gasteiger partial charge in [-0.15, -0.1) is 0 Å². The molecule has 0 atom stereocenters. The molecule has 0 bridgehead atoms. The molecule has 1 nitrogen and oxygen atoms in total. The van der Waals surface area contributed by atoms with Crippen LogP contribution < -0.4 is 0 Å². The predicted molar refractivity (Wildman–Crippen MR) is 119 cm³/mol. The molecule has 28 heavy (non-hydrogen) atoms. The van der Waals surface area contributed by atoms with E-state index < -0.39 is 0 Å². The summed E-state index contributed by atoms with van der Waals surface area (Å²) < 4.78 is 0. The molecule has 3 aromatic carbocycles. The zero-order valence-corrected chi connectivity index (χ0v) is 17.2. The average Bonchev–Trinajstić information content (AvgIpc) is 2.93. The van der Waals surface area contributed by atoms with Crippen molar-refractivity contribution in [2.75, 3.05) is 0 Å². The number of fused-ring (bicyclic) bond motifs is 5. The molecule has 4 aromatic rings. The average molecular weight is 364 g/mol. The molecule has 138 valence electrons. The van der Waals surface area contributed by atoms with E-state index in [1.54, 1.807) is 0 Å². The lowest BCUT2D eigenvalue weighted by Crippen LogP contribution is -2.17. The Bertz CT molecular complexity index is 1240.